The van der Waals surface area contributed by atoms with Crippen LogP contribution in [0.15, 0.2) is 60.7 Å². The largest absolute Gasteiger partial charge is 0.445 e. The molecule has 4 rings (SSSR count). The van der Waals surface area contributed by atoms with Crippen molar-refractivity contribution in [2.45, 2.75) is 44.2 Å². The minimum Gasteiger partial charge on any atom is -0.445 e. The fraction of sp³-hybridized carbons (Fsp3) is 0.409. The molecule has 2 aliphatic heterocycles. The first-order valence-corrected chi connectivity index (χ1v) is 9.49. The minimum atomic E-state index is -0.601. The summed E-state index contributed by atoms with van der Waals surface area (Å²) in [5.41, 5.74) is 2.05. The number of carbonyl (C=O) groups is 1. The lowest BCUT2D eigenvalue weighted by atomic mass is 9.87. The van der Waals surface area contributed by atoms with Crippen molar-refractivity contribution in [3.63, 3.8) is 0 Å². The second-order valence-electron chi connectivity index (χ2n) is 7.24. The topological polar surface area (TPSA) is 48.0 Å². The van der Waals surface area contributed by atoms with Gasteiger partial charge in [-0.15, -0.1) is 0 Å². The first-order valence-electron chi connectivity index (χ1n) is 9.49. The molecule has 2 aliphatic rings. The van der Waals surface area contributed by atoms with Crippen molar-refractivity contribution < 1.29 is 19.0 Å². The predicted molar refractivity (Wildman–Crippen MR) is 101 cm³/mol. The molecule has 1 amide bonds. The van der Waals surface area contributed by atoms with E-state index in [1.165, 1.54) is 0 Å². The van der Waals surface area contributed by atoms with E-state index in [1.54, 1.807) is 0 Å². The van der Waals surface area contributed by atoms with E-state index in [0.717, 1.165) is 11.1 Å². The van der Waals surface area contributed by atoms with E-state index in [4.69, 9.17) is 14.2 Å². The molecule has 5 nitrogen and oxygen atoms in total. The Labute approximate surface area is 159 Å². The Morgan fingerprint density at radius 3 is 2.33 bits per heavy atom. The highest BCUT2D eigenvalue weighted by molar-refractivity contribution is 5.69. The van der Waals surface area contributed by atoms with Crippen LogP contribution in [0.3, 0.4) is 0 Å². The average molecular weight is 367 g/mol. The van der Waals surface area contributed by atoms with Crippen LogP contribution >= 0.6 is 0 Å². The Bertz CT molecular complexity index is 758. The number of carbonyl (C=O) groups excluding carboxylic acids is 1. The van der Waals surface area contributed by atoms with E-state index in [-0.39, 0.29) is 24.8 Å². The monoisotopic (exact) mass is 367 g/mol. The lowest BCUT2D eigenvalue weighted by molar-refractivity contribution is -0.204. The molecule has 0 unspecified atom stereocenters. The Balaban J connectivity index is 1.55. The van der Waals surface area contributed by atoms with Crippen LogP contribution in [0, 0.1) is 0 Å². The summed E-state index contributed by atoms with van der Waals surface area (Å²) in [6.07, 6.45) is 0.964. The van der Waals surface area contributed by atoms with E-state index < -0.39 is 5.79 Å². The molecule has 0 N–H and O–H groups in total. The van der Waals surface area contributed by atoms with Crippen molar-refractivity contribution >= 4 is 6.09 Å². The van der Waals surface area contributed by atoms with Crippen molar-refractivity contribution in [1.82, 2.24) is 4.90 Å². The highest BCUT2D eigenvalue weighted by Crippen LogP contribution is 2.44. The molecule has 27 heavy (non-hydrogen) atoms. The second-order valence-corrected chi connectivity index (χ2v) is 7.24. The third-order valence-corrected chi connectivity index (χ3v) is 5.34. The van der Waals surface area contributed by atoms with Gasteiger partial charge in [-0.2, -0.15) is 0 Å². The fourth-order valence-electron chi connectivity index (χ4n) is 4.12. The summed E-state index contributed by atoms with van der Waals surface area (Å²) in [5.74, 6) is -0.601. The van der Waals surface area contributed by atoms with Crippen LogP contribution in [0.1, 0.15) is 36.9 Å². The van der Waals surface area contributed by atoms with Crippen molar-refractivity contribution in [3.8, 4) is 0 Å². The molecule has 5 heteroatoms. The summed E-state index contributed by atoms with van der Waals surface area (Å²) < 4.78 is 17.6. The van der Waals surface area contributed by atoms with Gasteiger partial charge in [0.25, 0.3) is 0 Å². The van der Waals surface area contributed by atoms with Crippen LogP contribution in [0.25, 0.3) is 0 Å². The Morgan fingerprint density at radius 1 is 1.04 bits per heavy atom. The zero-order valence-corrected chi connectivity index (χ0v) is 15.5. The molecule has 0 saturated carbocycles. The molecular weight excluding hydrogens is 342 g/mol. The van der Waals surface area contributed by atoms with Crippen molar-refractivity contribution in [1.29, 1.82) is 0 Å². The summed E-state index contributed by atoms with van der Waals surface area (Å²) in [5, 5.41) is 0. The average Bonchev–Trinajstić information content (AvgIpc) is 3.14. The number of ether oxygens (including phenoxy) is 3. The molecule has 142 valence electrons. The molecule has 2 aromatic rings. The van der Waals surface area contributed by atoms with Gasteiger partial charge in [0.1, 0.15) is 6.61 Å². The summed E-state index contributed by atoms with van der Waals surface area (Å²) >= 11 is 0. The highest BCUT2D eigenvalue weighted by atomic mass is 16.7. The first kappa shape index (κ1) is 18.0. The number of likely N-dealkylation sites (tertiary alicyclic amines) is 1. The van der Waals surface area contributed by atoms with Crippen LogP contribution in [-0.4, -0.2) is 36.0 Å². The number of piperidine rings is 1. The first-order chi connectivity index (χ1) is 13.2. The van der Waals surface area contributed by atoms with Crippen LogP contribution < -0.4 is 0 Å². The number of rotatable bonds is 3. The van der Waals surface area contributed by atoms with Gasteiger partial charge >= 0.3 is 6.09 Å². The SMILES string of the molecule is C[C@H]1CC2(C[C@H](c3ccccc3)N1C(=O)OCc1ccccc1)OCCO2. The molecule has 0 aliphatic carbocycles. The maximum Gasteiger partial charge on any atom is 0.410 e. The van der Waals surface area contributed by atoms with E-state index in [9.17, 15) is 4.79 Å². The second kappa shape index (κ2) is 7.71. The third-order valence-electron chi connectivity index (χ3n) is 5.34. The lowest BCUT2D eigenvalue weighted by Gasteiger charge is -2.47. The number of amides is 1. The van der Waals surface area contributed by atoms with Gasteiger partial charge in [0.15, 0.2) is 5.79 Å². The number of hydrogen-bond acceptors (Lipinski definition) is 4. The molecule has 2 saturated heterocycles. The Hall–Kier alpha value is -2.37. The molecule has 2 atom stereocenters. The molecule has 1 spiro atoms. The highest BCUT2D eigenvalue weighted by Gasteiger charge is 2.49. The van der Waals surface area contributed by atoms with Crippen molar-refractivity contribution in [3.05, 3.63) is 71.8 Å². The van der Waals surface area contributed by atoms with Crippen LogP contribution in [-0.2, 0) is 20.8 Å². The Morgan fingerprint density at radius 2 is 1.67 bits per heavy atom. The lowest BCUT2D eigenvalue weighted by Crippen LogP contribution is -2.53. The van der Waals surface area contributed by atoms with Gasteiger partial charge < -0.3 is 14.2 Å². The maximum atomic E-state index is 13.0. The van der Waals surface area contributed by atoms with E-state index in [0.29, 0.717) is 26.1 Å². The smallest absolute Gasteiger partial charge is 0.410 e. The van der Waals surface area contributed by atoms with Gasteiger partial charge in [-0.05, 0) is 18.1 Å². The molecular formula is C22H25NO4. The molecule has 0 bridgehead atoms. The van der Waals surface area contributed by atoms with E-state index >= 15 is 0 Å². The van der Waals surface area contributed by atoms with Crippen molar-refractivity contribution in [2.24, 2.45) is 0 Å². The zero-order valence-electron chi connectivity index (χ0n) is 15.5. The predicted octanol–water partition coefficient (Wildman–Crippen LogP) is 4.29. The molecule has 2 heterocycles. The van der Waals surface area contributed by atoms with Gasteiger partial charge in [-0.3, -0.25) is 4.90 Å². The van der Waals surface area contributed by atoms with Gasteiger partial charge in [-0.25, -0.2) is 4.79 Å². The summed E-state index contributed by atoms with van der Waals surface area (Å²) in [6.45, 7) is 3.51. The summed E-state index contributed by atoms with van der Waals surface area (Å²) in [6, 6.07) is 19.6. The third kappa shape index (κ3) is 3.84. The minimum absolute atomic E-state index is 0.0506. The molecule has 2 aromatic carbocycles. The maximum absolute atomic E-state index is 13.0. The van der Waals surface area contributed by atoms with E-state index in [2.05, 4.69) is 0 Å². The van der Waals surface area contributed by atoms with Crippen LogP contribution in [0.4, 0.5) is 4.79 Å². The quantitative estimate of drug-likeness (QED) is 0.812. The normalized spacial score (nSPS) is 24.1. The Kier molecular flexibility index (Phi) is 5.14. The van der Waals surface area contributed by atoms with Crippen LogP contribution in [0.5, 0.6) is 0 Å². The van der Waals surface area contributed by atoms with E-state index in [1.807, 2.05) is 72.5 Å². The summed E-state index contributed by atoms with van der Waals surface area (Å²) in [7, 11) is 0. The standard InChI is InChI=1S/C22H25NO4/c1-17-14-22(26-12-13-27-22)15-20(19-10-6-3-7-11-19)23(17)21(24)25-16-18-8-4-2-5-9-18/h2-11,17,20H,12-16H2,1H3/t17-,20+/m0/s1. The number of nitrogens with zero attached hydrogens (tertiary/aromatic N) is 1. The summed E-state index contributed by atoms with van der Waals surface area (Å²) in [4.78, 5) is 14.8. The number of hydrogen-bond donors (Lipinski definition) is 0. The van der Waals surface area contributed by atoms with Gasteiger partial charge in [0, 0.05) is 18.9 Å². The molecule has 2 fully saturated rings. The molecule has 0 radical (unpaired) electrons. The molecule has 0 aromatic heterocycles. The van der Waals surface area contributed by atoms with Crippen molar-refractivity contribution in [2.75, 3.05) is 13.2 Å². The van der Waals surface area contributed by atoms with Crippen LogP contribution in [0.2, 0.25) is 0 Å². The fourth-order valence-corrected chi connectivity index (χ4v) is 4.12. The van der Waals surface area contributed by atoms with Gasteiger partial charge in [0.2, 0.25) is 0 Å². The number of benzene rings is 2. The van der Waals surface area contributed by atoms with Gasteiger partial charge in [0.05, 0.1) is 19.3 Å². The zero-order chi connectivity index (χ0) is 18.7. The van der Waals surface area contributed by atoms with Gasteiger partial charge in [-0.1, -0.05) is 60.7 Å².